The van der Waals surface area contributed by atoms with E-state index in [1.54, 1.807) is 18.4 Å². The predicted molar refractivity (Wildman–Crippen MR) is 91.6 cm³/mol. The Bertz CT molecular complexity index is 666. The lowest BCUT2D eigenvalue weighted by Crippen LogP contribution is -2.38. The number of carbonyl (C=O) groups excluding carboxylic acids is 1. The minimum Gasteiger partial charge on any atom is -0.380 e. The maximum absolute atomic E-state index is 12.9. The second-order valence-corrected chi connectivity index (χ2v) is 6.86. The SMILES string of the molecule is COCc1ccc(C(=O)N2CCCC[C@@H]2c2nc(C)cs2)cc1. The zero-order valence-corrected chi connectivity index (χ0v) is 14.4. The molecule has 1 atom stereocenters. The Kier molecular flexibility index (Phi) is 5.08. The zero-order valence-electron chi connectivity index (χ0n) is 13.6. The number of thiazole rings is 1. The number of aromatic nitrogens is 1. The van der Waals surface area contributed by atoms with Gasteiger partial charge in [0.2, 0.25) is 0 Å². The van der Waals surface area contributed by atoms with E-state index in [0.29, 0.717) is 6.61 Å². The van der Waals surface area contributed by atoms with E-state index in [0.717, 1.165) is 47.6 Å². The Morgan fingerprint density at radius 2 is 2.13 bits per heavy atom. The molecule has 4 nitrogen and oxygen atoms in total. The molecule has 1 fully saturated rings. The van der Waals surface area contributed by atoms with Crippen LogP contribution in [0.15, 0.2) is 29.6 Å². The van der Waals surface area contributed by atoms with E-state index in [-0.39, 0.29) is 11.9 Å². The van der Waals surface area contributed by atoms with Crippen LogP contribution in [0.2, 0.25) is 0 Å². The van der Waals surface area contributed by atoms with Crippen LogP contribution < -0.4 is 0 Å². The lowest BCUT2D eigenvalue weighted by atomic mass is 10.0. The highest BCUT2D eigenvalue weighted by molar-refractivity contribution is 7.09. The van der Waals surface area contributed by atoms with Gasteiger partial charge >= 0.3 is 0 Å². The van der Waals surface area contributed by atoms with Crippen molar-refractivity contribution in [1.82, 2.24) is 9.88 Å². The second kappa shape index (κ2) is 7.23. The molecule has 1 aromatic heterocycles. The number of methoxy groups -OCH3 is 1. The summed E-state index contributed by atoms with van der Waals surface area (Å²) in [5.74, 6) is 0.103. The predicted octanol–water partition coefficient (Wildman–Crippen LogP) is 3.97. The number of ether oxygens (including phenoxy) is 1. The van der Waals surface area contributed by atoms with Crippen LogP contribution in [-0.4, -0.2) is 29.4 Å². The van der Waals surface area contributed by atoms with Crippen LogP contribution in [0.1, 0.15) is 51.9 Å². The first-order valence-corrected chi connectivity index (χ1v) is 8.88. The van der Waals surface area contributed by atoms with Gasteiger partial charge in [0.1, 0.15) is 5.01 Å². The quantitative estimate of drug-likeness (QED) is 0.852. The zero-order chi connectivity index (χ0) is 16.2. The fourth-order valence-electron chi connectivity index (χ4n) is 3.03. The number of aryl methyl sites for hydroxylation is 1. The topological polar surface area (TPSA) is 42.4 Å². The van der Waals surface area contributed by atoms with Gasteiger partial charge in [-0.3, -0.25) is 4.79 Å². The average molecular weight is 330 g/mol. The van der Waals surface area contributed by atoms with Crippen molar-refractivity contribution in [2.75, 3.05) is 13.7 Å². The minimum absolute atomic E-state index is 0.103. The molecule has 23 heavy (non-hydrogen) atoms. The van der Waals surface area contributed by atoms with Gasteiger partial charge in [-0.2, -0.15) is 0 Å². The number of rotatable bonds is 4. The normalized spacial score (nSPS) is 18.2. The van der Waals surface area contributed by atoms with Crippen LogP contribution in [0.3, 0.4) is 0 Å². The van der Waals surface area contributed by atoms with E-state index in [2.05, 4.69) is 10.4 Å². The van der Waals surface area contributed by atoms with Crippen LogP contribution in [0, 0.1) is 6.92 Å². The summed E-state index contributed by atoms with van der Waals surface area (Å²) in [6.45, 7) is 3.38. The largest absolute Gasteiger partial charge is 0.380 e. The summed E-state index contributed by atoms with van der Waals surface area (Å²) in [4.78, 5) is 19.5. The van der Waals surface area contributed by atoms with E-state index >= 15 is 0 Å². The Hall–Kier alpha value is -1.72. The van der Waals surface area contributed by atoms with Crippen LogP contribution in [0.4, 0.5) is 0 Å². The number of benzene rings is 1. The average Bonchev–Trinajstić information content (AvgIpc) is 3.02. The lowest BCUT2D eigenvalue weighted by Gasteiger charge is -2.34. The van der Waals surface area contributed by atoms with Crippen LogP contribution >= 0.6 is 11.3 Å². The molecule has 0 N–H and O–H groups in total. The van der Waals surface area contributed by atoms with Gasteiger partial charge < -0.3 is 9.64 Å². The molecule has 0 saturated carbocycles. The van der Waals surface area contributed by atoms with Crippen molar-refractivity contribution in [2.24, 2.45) is 0 Å². The summed E-state index contributed by atoms with van der Waals surface area (Å²) in [5.41, 5.74) is 2.85. The van der Waals surface area contributed by atoms with Crippen molar-refractivity contribution in [2.45, 2.75) is 38.8 Å². The molecule has 1 aliphatic rings. The van der Waals surface area contributed by atoms with Crippen LogP contribution in [0.5, 0.6) is 0 Å². The molecule has 0 spiro atoms. The maximum atomic E-state index is 12.9. The molecule has 1 amide bonds. The Morgan fingerprint density at radius 3 is 2.78 bits per heavy atom. The van der Waals surface area contributed by atoms with Crippen LogP contribution in [-0.2, 0) is 11.3 Å². The van der Waals surface area contributed by atoms with E-state index in [1.165, 1.54) is 0 Å². The van der Waals surface area contributed by atoms with Gasteiger partial charge in [-0.1, -0.05) is 12.1 Å². The fourth-order valence-corrected chi connectivity index (χ4v) is 3.98. The number of hydrogen-bond donors (Lipinski definition) is 0. The van der Waals surface area contributed by atoms with Gasteiger partial charge in [-0.25, -0.2) is 4.98 Å². The van der Waals surface area contributed by atoms with Gasteiger partial charge in [0.15, 0.2) is 0 Å². The monoisotopic (exact) mass is 330 g/mol. The molecule has 0 unspecified atom stereocenters. The molecule has 122 valence electrons. The summed E-state index contributed by atoms with van der Waals surface area (Å²) in [6.07, 6.45) is 3.22. The van der Waals surface area contributed by atoms with Gasteiger partial charge in [0.05, 0.1) is 12.6 Å². The van der Waals surface area contributed by atoms with Crippen molar-refractivity contribution >= 4 is 17.2 Å². The third kappa shape index (κ3) is 3.62. The number of likely N-dealkylation sites (tertiary alicyclic amines) is 1. The third-order valence-electron chi connectivity index (χ3n) is 4.20. The summed E-state index contributed by atoms with van der Waals surface area (Å²) in [6, 6.07) is 7.84. The molecule has 0 bridgehead atoms. The summed E-state index contributed by atoms with van der Waals surface area (Å²) >= 11 is 1.66. The van der Waals surface area contributed by atoms with Crippen LogP contribution in [0.25, 0.3) is 0 Å². The molecule has 1 aliphatic heterocycles. The molecule has 0 aliphatic carbocycles. The van der Waals surface area contributed by atoms with E-state index in [4.69, 9.17) is 4.74 Å². The Balaban J connectivity index is 1.80. The molecule has 0 radical (unpaired) electrons. The summed E-state index contributed by atoms with van der Waals surface area (Å²) in [7, 11) is 1.67. The molecule has 1 aromatic carbocycles. The first-order valence-electron chi connectivity index (χ1n) is 8.00. The minimum atomic E-state index is 0.103. The number of piperidine rings is 1. The molecular formula is C18H22N2O2S. The molecule has 2 heterocycles. The standard InChI is InChI=1S/C18H22N2O2S/c1-13-12-23-17(19-13)16-5-3-4-10-20(16)18(21)15-8-6-14(7-9-15)11-22-2/h6-9,12,16H,3-5,10-11H2,1-2H3/t16-/m1/s1. The smallest absolute Gasteiger partial charge is 0.254 e. The molecule has 1 saturated heterocycles. The van der Waals surface area contributed by atoms with Gasteiger partial charge in [0.25, 0.3) is 5.91 Å². The van der Waals surface area contributed by atoms with Crippen molar-refractivity contribution < 1.29 is 9.53 Å². The van der Waals surface area contributed by atoms with E-state index in [1.807, 2.05) is 36.1 Å². The van der Waals surface area contributed by atoms with E-state index in [9.17, 15) is 4.79 Å². The molecule has 2 aromatic rings. The number of nitrogens with zero attached hydrogens (tertiary/aromatic N) is 2. The van der Waals surface area contributed by atoms with Crippen molar-refractivity contribution in [3.8, 4) is 0 Å². The fraction of sp³-hybridized carbons (Fsp3) is 0.444. The highest BCUT2D eigenvalue weighted by Gasteiger charge is 2.30. The summed E-state index contributed by atoms with van der Waals surface area (Å²) in [5, 5.41) is 3.12. The number of carbonyl (C=O) groups is 1. The van der Waals surface area contributed by atoms with Crippen molar-refractivity contribution in [1.29, 1.82) is 0 Å². The van der Waals surface area contributed by atoms with Gasteiger partial charge in [0, 0.05) is 30.3 Å². The highest BCUT2D eigenvalue weighted by Crippen LogP contribution is 2.33. The number of hydrogen-bond acceptors (Lipinski definition) is 4. The van der Waals surface area contributed by atoms with Crippen molar-refractivity contribution in [3.63, 3.8) is 0 Å². The molecule has 3 rings (SSSR count). The maximum Gasteiger partial charge on any atom is 0.254 e. The van der Waals surface area contributed by atoms with Crippen molar-refractivity contribution in [3.05, 3.63) is 51.5 Å². The first kappa shape index (κ1) is 16.1. The highest BCUT2D eigenvalue weighted by atomic mass is 32.1. The van der Waals surface area contributed by atoms with Gasteiger partial charge in [-0.15, -0.1) is 11.3 Å². The number of amides is 1. The van der Waals surface area contributed by atoms with Gasteiger partial charge in [-0.05, 0) is 43.9 Å². The first-order chi connectivity index (χ1) is 11.2. The Morgan fingerprint density at radius 1 is 1.35 bits per heavy atom. The second-order valence-electron chi connectivity index (χ2n) is 5.97. The molecule has 5 heteroatoms. The van der Waals surface area contributed by atoms with E-state index < -0.39 is 0 Å². The third-order valence-corrected chi connectivity index (χ3v) is 5.26. The Labute approximate surface area is 141 Å². The summed E-state index contributed by atoms with van der Waals surface area (Å²) < 4.78 is 5.12. The molecular weight excluding hydrogens is 308 g/mol. The lowest BCUT2D eigenvalue weighted by molar-refractivity contribution is 0.0611.